The van der Waals surface area contributed by atoms with E-state index < -0.39 is 0 Å². The number of ether oxygens (including phenoxy) is 1. The lowest BCUT2D eigenvalue weighted by molar-refractivity contribution is 0.0527. The zero-order valence-corrected chi connectivity index (χ0v) is 16.2. The van der Waals surface area contributed by atoms with E-state index in [1.54, 1.807) is 6.92 Å². The topological polar surface area (TPSA) is 50.4 Å². The van der Waals surface area contributed by atoms with E-state index >= 15 is 0 Å². The Balaban J connectivity index is 2.22. The first-order valence-electron chi connectivity index (χ1n) is 7.76. The summed E-state index contributed by atoms with van der Waals surface area (Å²) in [7, 11) is 0. The Morgan fingerprint density at radius 1 is 1.17 bits per heavy atom. The highest BCUT2D eigenvalue weighted by Gasteiger charge is 2.21. The van der Waals surface area contributed by atoms with Gasteiger partial charge in [0, 0.05) is 10.6 Å². The summed E-state index contributed by atoms with van der Waals surface area (Å²) in [5.41, 5.74) is 4.78. The first kappa shape index (κ1) is 18.4. The van der Waals surface area contributed by atoms with Crippen molar-refractivity contribution in [3.63, 3.8) is 0 Å². The molecule has 0 radical (unpaired) electrons. The Hall–Kier alpha value is -1.92. The van der Waals surface area contributed by atoms with Crippen LogP contribution in [0, 0.1) is 27.7 Å². The molecular weight excluding hydrogens is 340 g/mol. The minimum Gasteiger partial charge on any atom is -0.462 e. The average Bonchev–Trinajstić information content (AvgIpc) is 2.78. The van der Waals surface area contributed by atoms with Crippen LogP contribution in [0.2, 0.25) is 0 Å². The zero-order chi connectivity index (χ0) is 17.9. The Kier molecular flexibility index (Phi) is 5.96. The number of thiophene rings is 1. The minimum absolute atomic E-state index is 0.323. The van der Waals surface area contributed by atoms with Crippen LogP contribution in [0.1, 0.15) is 38.8 Å². The summed E-state index contributed by atoms with van der Waals surface area (Å²) >= 11 is 6.92. The van der Waals surface area contributed by atoms with Crippen molar-refractivity contribution in [2.45, 2.75) is 34.6 Å². The molecule has 2 N–H and O–H groups in total. The van der Waals surface area contributed by atoms with Gasteiger partial charge in [0.25, 0.3) is 0 Å². The van der Waals surface area contributed by atoms with Crippen molar-refractivity contribution >= 4 is 45.3 Å². The standard InChI is InChI=1S/C18H22N2O2S2/c1-6-22-17(21)15-12(4)13(5)24-16(15)20-18(23)19-14-9-7-8-10(2)11(14)3/h7-9H,6H2,1-5H3,(H2,19,20,23). The van der Waals surface area contributed by atoms with Crippen molar-refractivity contribution < 1.29 is 9.53 Å². The lowest BCUT2D eigenvalue weighted by Crippen LogP contribution is -2.21. The number of anilines is 2. The maximum atomic E-state index is 12.2. The molecule has 0 aliphatic heterocycles. The number of esters is 1. The monoisotopic (exact) mass is 362 g/mol. The average molecular weight is 363 g/mol. The molecule has 24 heavy (non-hydrogen) atoms. The number of nitrogens with one attached hydrogen (secondary N) is 2. The zero-order valence-electron chi connectivity index (χ0n) is 14.6. The minimum atomic E-state index is -0.323. The fourth-order valence-corrected chi connectivity index (χ4v) is 3.64. The molecule has 1 aromatic heterocycles. The van der Waals surface area contributed by atoms with Gasteiger partial charge in [-0.15, -0.1) is 11.3 Å². The molecule has 0 fully saturated rings. The normalized spacial score (nSPS) is 10.4. The molecule has 0 spiro atoms. The number of rotatable bonds is 4. The van der Waals surface area contributed by atoms with Gasteiger partial charge in [-0.05, 0) is 69.6 Å². The molecule has 0 amide bonds. The molecule has 2 rings (SSSR count). The largest absolute Gasteiger partial charge is 0.462 e. The van der Waals surface area contributed by atoms with Crippen molar-refractivity contribution in [2.75, 3.05) is 17.2 Å². The first-order valence-corrected chi connectivity index (χ1v) is 8.99. The van der Waals surface area contributed by atoms with Gasteiger partial charge in [0.1, 0.15) is 5.00 Å². The van der Waals surface area contributed by atoms with Gasteiger partial charge in [-0.25, -0.2) is 4.79 Å². The molecule has 128 valence electrons. The quantitative estimate of drug-likeness (QED) is 0.594. The molecule has 0 saturated carbocycles. The number of benzene rings is 1. The smallest absolute Gasteiger partial charge is 0.341 e. The second-order valence-electron chi connectivity index (χ2n) is 5.53. The number of carbonyl (C=O) groups is 1. The lowest BCUT2D eigenvalue weighted by Gasteiger charge is -2.14. The fraction of sp³-hybridized carbons (Fsp3) is 0.333. The number of aryl methyl sites for hydroxylation is 2. The van der Waals surface area contributed by atoms with Crippen LogP contribution >= 0.6 is 23.6 Å². The van der Waals surface area contributed by atoms with E-state index in [0.717, 1.165) is 21.7 Å². The summed E-state index contributed by atoms with van der Waals surface area (Å²) in [6, 6.07) is 6.02. The highest BCUT2D eigenvalue weighted by molar-refractivity contribution is 7.80. The molecule has 1 aromatic carbocycles. The maximum Gasteiger partial charge on any atom is 0.341 e. The third kappa shape index (κ3) is 3.94. The third-order valence-corrected chi connectivity index (χ3v) is 5.27. The van der Waals surface area contributed by atoms with E-state index in [2.05, 4.69) is 23.6 Å². The highest BCUT2D eigenvalue weighted by atomic mass is 32.1. The van der Waals surface area contributed by atoms with Crippen molar-refractivity contribution in [2.24, 2.45) is 0 Å². The summed E-state index contributed by atoms with van der Waals surface area (Å²) in [5, 5.41) is 7.51. The van der Waals surface area contributed by atoms with Crippen molar-refractivity contribution in [3.8, 4) is 0 Å². The lowest BCUT2D eigenvalue weighted by atomic mass is 10.1. The van der Waals surface area contributed by atoms with Crippen molar-refractivity contribution in [1.82, 2.24) is 0 Å². The maximum absolute atomic E-state index is 12.2. The molecule has 2 aromatic rings. The molecule has 0 aliphatic carbocycles. The van der Waals surface area contributed by atoms with E-state index in [0.29, 0.717) is 22.3 Å². The summed E-state index contributed by atoms with van der Waals surface area (Å²) in [5.74, 6) is -0.323. The van der Waals surface area contributed by atoms with Gasteiger partial charge in [-0.2, -0.15) is 0 Å². The second kappa shape index (κ2) is 7.77. The van der Waals surface area contributed by atoms with E-state index in [1.807, 2.05) is 32.9 Å². The van der Waals surface area contributed by atoms with Crippen LogP contribution in [0.3, 0.4) is 0 Å². The summed E-state index contributed by atoms with van der Waals surface area (Å²) < 4.78 is 5.16. The molecule has 0 atom stereocenters. The molecule has 0 unspecified atom stereocenters. The van der Waals surface area contributed by atoms with Crippen LogP contribution in [0.15, 0.2) is 18.2 Å². The first-order chi connectivity index (χ1) is 11.3. The van der Waals surface area contributed by atoms with E-state index in [1.165, 1.54) is 16.9 Å². The van der Waals surface area contributed by atoms with E-state index in [4.69, 9.17) is 17.0 Å². The number of hydrogen-bond acceptors (Lipinski definition) is 4. The predicted octanol–water partition coefficient (Wildman–Crippen LogP) is 4.97. The molecule has 0 bridgehead atoms. The molecule has 4 nitrogen and oxygen atoms in total. The Morgan fingerprint density at radius 3 is 2.54 bits per heavy atom. The van der Waals surface area contributed by atoms with E-state index in [9.17, 15) is 4.79 Å². The van der Waals surface area contributed by atoms with Crippen LogP contribution in [0.25, 0.3) is 0 Å². The summed E-state index contributed by atoms with van der Waals surface area (Å²) in [6.45, 7) is 10.1. The number of hydrogen-bond donors (Lipinski definition) is 2. The van der Waals surface area contributed by atoms with Gasteiger partial charge in [-0.3, -0.25) is 0 Å². The number of thiocarbonyl (C=S) groups is 1. The van der Waals surface area contributed by atoms with Gasteiger partial charge >= 0.3 is 5.97 Å². The Bertz CT molecular complexity index is 782. The van der Waals surface area contributed by atoms with Crippen molar-refractivity contribution in [1.29, 1.82) is 0 Å². The molecule has 1 heterocycles. The fourth-order valence-electron chi connectivity index (χ4n) is 2.31. The van der Waals surface area contributed by atoms with Gasteiger partial charge < -0.3 is 15.4 Å². The van der Waals surface area contributed by atoms with Gasteiger partial charge in [0.2, 0.25) is 0 Å². The van der Waals surface area contributed by atoms with Crippen LogP contribution in [-0.4, -0.2) is 17.7 Å². The molecular formula is C18H22N2O2S2. The SMILES string of the molecule is CCOC(=O)c1c(NC(=S)Nc2cccc(C)c2C)sc(C)c1C. The highest BCUT2D eigenvalue weighted by Crippen LogP contribution is 2.33. The second-order valence-corrected chi connectivity index (χ2v) is 7.17. The summed E-state index contributed by atoms with van der Waals surface area (Å²) in [6.07, 6.45) is 0. The predicted molar refractivity (Wildman–Crippen MR) is 106 cm³/mol. The van der Waals surface area contributed by atoms with Crippen molar-refractivity contribution in [3.05, 3.63) is 45.3 Å². The molecule has 6 heteroatoms. The summed E-state index contributed by atoms with van der Waals surface area (Å²) in [4.78, 5) is 13.3. The van der Waals surface area contributed by atoms with Crippen LogP contribution in [0.5, 0.6) is 0 Å². The van der Waals surface area contributed by atoms with Crippen LogP contribution in [-0.2, 0) is 4.74 Å². The van der Waals surface area contributed by atoms with Gasteiger partial charge in [0.05, 0.1) is 12.2 Å². The third-order valence-electron chi connectivity index (χ3n) is 3.94. The van der Waals surface area contributed by atoms with E-state index in [-0.39, 0.29) is 5.97 Å². The molecule has 0 aliphatic rings. The van der Waals surface area contributed by atoms with Gasteiger partial charge in [0.15, 0.2) is 5.11 Å². The Morgan fingerprint density at radius 2 is 1.88 bits per heavy atom. The van der Waals surface area contributed by atoms with Crippen LogP contribution < -0.4 is 10.6 Å². The van der Waals surface area contributed by atoms with Gasteiger partial charge in [-0.1, -0.05) is 12.1 Å². The molecule has 0 saturated heterocycles. The number of carbonyl (C=O) groups excluding carboxylic acids is 1. The Labute approximate surface area is 152 Å². The van der Waals surface area contributed by atoms with Crippen LogP contribution in [0.4, 0.5) is 10.7 Å².